The molecule has 1 heteroatoms. The Labute approximate surface area is 106 Å². The van der Waals surface area contributed by atoms with Crippen LogP contribution in [0.1, 0.15) is 58.2 Å². The quantitative estimate of drug-likeness (QED) is 0.542. The maximum absolute atomic E-state index is 7.48. The number of aryl methyl sites for hydroxylation is 1. The monoisotopic (exact) mass is 229 g/mol. The zero-order valence-electron chi connectivity index (χ0n) is 12.1. The van der Waals surface area contributed by atoms with Gasteiger partial charge in [-0.1, -0.05) is 59.2 Å². The molecule has 0 spiro atoms. The molecule has 92 valence electrons. The summed E-state index contributed by atoms with van der Waals surface area (Å²) in [5.74, 6) is 0. The largest absolute Gasteiger partial charge is 0.238 e. The van der Waals surface area contributed by atoms with E-state index in [9.17, 15) is 0 Å². The average Bonchev–Trinajstić information content (AvgIpc) is 2.13. The number of benzene rings is 1. The van der Waals surface area contributed by atoms with E-state index in [1.807, 2.05) is 0 Å². The molecule has 0 heterocycles. The first kappa shape index (κ1) is 13.8. The third-order valence-electron chi connectivity index (χ3n) is 2.98. The first-order valence-electron chi connectivity index (χ1n) is 6.10. The minimum absolute atomic E-state index is 0.0197. The highest BCUT2D eigenvalue weighted by Gasteiger charge is 2.25. The van der Waals surface area contributed by atoms with Crippen LogP contribution >= 0.6 is 0 Å². The van der Waals surface area contributed by atoms with Crippen molar-refractivity contribution in [3.63, 3.8) is 0 Å². The molecule has 0 aliphatic heterocycles. The van der Waals surface area contributed by atoms with Crippen LogP contribution in [0.5, 0.6) is 0 Å². The molecule has 0 atom stereocenters. The van der Waals surface area contributed by atoms with Gasteiger partial charge >= 0.3 is 0 Å². The molecule has 1 aromatic rings. The van der Waals surface area contributed by atoms with Crippen LogP contribution < -0.4 is 0 Å². The SMILES string of the molecule is [C-]#[N+]c1c(C(C)(C)C)cc(C)cc1C(C)(C)C. The van der Waals surface area contributed by atoms with Crippen molar-refractivity contribution >= 4 is 5.69 Å². The Bertz CT molecular complexity index is 427. The van der Waals surface area contributed by atoms with Crippen LogP contribution in [-0.4, -0.2) is 0 Å². The van der Waals surface area contributed by atoms with E-state index in [2.05, 4.69) is 65.4 Å². The second kappa shape index (κ2) is 4.18. The lowest BCUT2D eigenvalue weighted by molar-refractivity contribution is 0.573. The normalized spacial score (nSPS) is 12.4. The highest BCUT2D eigenvalue weighted by atomic mass is 14.7. The van der Waals surface area contributed by atoms with Crippen molar-refractivity contribution < 1.29 is 0 Å². The molecule has 0 fully saturated rings. The van der Waals surface area contributed by atoms with Gasteiger partial charge < -0.3 is 0 Å². The van der Waals surface area contributed by atoms with Gasteiger partial charge in [0.25, 0.3) is 0 Å². The first-order valence-corrected chi connectivity index (χ1v) is 6.10. The molecule has 0 N–H and O–H groups in total. The summed E-state index contributed by atoms with van der Waals surface area (Å²) in [4.78, 5) is 3.79. The van der Waals surface area contributed by atoms with E-state index >= 15 is 0 Å². The van der Waals surface area contributed by atoms with Gasteiger partial charge in [-0.15, -0.1) is 0 Å². The van der Waals surface area contributed by atoms with Crippen molar-refractivity contribution in [3.8, 4) is 0 Å². The Kier molecular flexibility index (Phi) is 3.39. The fourth-order valence-corrected chi connectivity index (χ4v) is 2.04. The van der Waals surface area contributed by atoms with Crippen molar-refractivity contribution in [3.05, 3.63) is 40.2 Å². The van der Waals surface area contributed by atoms with Crippen LogP contribution in [0.3, 0.4) is 0 Å². The lowest BCUT2D eigenvalue weighted by atomic mass is 9.78. The summed E-state index contributed by atoms with van der Waals surface area (Å²) in [5.41, 5.74) is 4.45. The summed E-state index contributed by atoms with van der Waals surface area (Å²) in [5, 5.41) is 0. The van der Waals surface area contributed by atoms with Gasteiger partial charge in [0.1, 0.15) is 0 Å². The molecule has 0 aliphatic rings. The van der Waals surface area contributed by atoms with Crippen molar-refractivity contribution in [2.45, 2.75) is 59.3 Å². The molecule has 1 nitrogen and oxygen atoms in total. The predicted molar refractivity (Wildman–Crippen MR) is 74.8 cm³/mol. The third-order valence-corrected chi connectivity index (χ3v) is 2.98. The van der Waals surface area contributed by atoms with E-state index in [1.165, 1.54) is 5.56 Å². The van der Waals surface area contributed by atoms with E-state index in [0.29, 0.717) is 0 Å². The number of hydrogen-bond acceptors (Lipinski definition) is 0. The van der Waals surface area contributed by atoms with Crippen LogP contribution in [-0.2, 0) is 10.8 Å². The Balaban J connectivity index is 3.66. The van der Waals surface area contributed by atoms with Gasteiger partial charge in [-0.2, -0.15) is 0 Å². The highest BCUT2D eigenvalue weighted by molar-refractivity contribution is 5.64. The molecule has 0 bridgehead atoms. The van der Waals surface area contributed by atoms with E-state index in [0.717, 1.165) is 16.8 Å². The Morgan fingerprint density at radius 1 is 0.882 bits per heavy atom. The summed E-state index contributed by atoms with van der Waals surface area (Å²) < 4.78 is 0. The minimum atomic E-state index is 0.0197. The molecule has 0 saturated carbocycles. The maximum atomic E-state index is 7.48. The van der Waals surface area contributed by atoms with Crippen molar-refractivity contribution in [2.24, 2.45) is 0 Å². The predicted octanol–water partition coefficient (Wildman–Crippen LogP) is 5.14. The molecule has 0 radical (unpaired) electrons. The Morgan fingerprint density at radius 2 is 1.24 bits per heavy atom. The molecule has 0 unspecified atom stereocenters. The molecule has 0 aliphatic carbocycles. The second-order valence-corrected chi connectivity index (χ2v) is 6.82. The number of nitrogens with zero attached hydrogens (tertiary/aromatic N) is 1. The number of hydrogen-bond donors (Lipinski definition) is 0. The zero-order valence-corrected chi connectivity index (χ0v) is 12.1. The first-order chi connectivity index (χ1) is 7.57. The molecule has 1 rings (SSSR count). The highest BCUT2D eigenvalue weighted by Crippen LogP contribution is 2.40. The van der Waals surface area contributed by atoms with Crippen LogP contribution in [0.25, 0.3) is 4.85 Å². The van der Waals surface area contributed by atoms with Crippen molar-refractivity contribution in [1.82, 2.24) is 0 Å². The van der Waals surface area contributed by atoms with E-state index in [1.54, 1.807) is 0 Å². The van der Waals surface area contributed by atoms with Crippen molar-refractivity contribution in [1.29, 1.82) is 0 Å². The van der Waals surface area contributed by atoms with Crippen molar-refractivity contribution in [2.75, 3.05) is 0 Å². The third kappa shape index (κ3) is 2.88. The van der Waals surface area contributed by atoms with Crippen LogP contribution in [0.15, 0.2) is 12.1 Å². The van der Waals surface area contributed by atoms with Gasteiger partial charge in [0.2, 0.25) is 0 Å². The van der Waals surface area contributed by atoms with Gasteiger partial charge in [0.15, 0.2) is 5.69 Å². The van der Waals surface area contributed by atoms with Crippen LogP contribution in [0.4, 0.5) is 5.69 Å². The second-order valence-electron chi connectivity index (χ2n) is 6.82. The van der Waals surface area contributed by atoms with Gasteiger partial charge in [-0.25, -0.2) is 4.85 Å². The fraction of sp³-hybridized carbons (Fsp3) is 0.562. The summed E-state index contributed by atoms with van der Waals surface area (Å²) in [6.07, 6.45) is 0. The van der Waals surface area contributed by atoms with Crippen LogP contribution in [0.2, 0.25) is 0 Å². The van der Waals surface area contributed by atoms with E-state index in [4.69, 9.17) is 6.57 Å². The molecular weight excluding hydrogens is 206 g/mol. The Morgan fingerprint density at radius 3 is 1.47 bits per heavy atom. The smallest absolute Gasteiger partial charge is 0.194 e. The maximum Gasteiger partial charge on any atom is 0.194 e. The number of rotatable bonds is 0. The van der Waals surface area contributed by atoms with Crippen LogP contribution in [0, 0.1) is 13.5 Å². The molecule has 0 amide bonds. The Hall–Kier alpha value is -1.29. The standard InChI is InChI=1S/C16H23N/c1-11-9-12(15(2,3)4)14(17-8)13(10-11)16(5,6)7/h9-10H,1-7H3. The van der Waals surface area contributed by atoms with Gasteiger partial charge in [-0.05, 0) is 28.9 Å². The summed E-state index contributed by atoms with van der Waals surface area (Å²) in [7, 11) is 0. The lowest BCUT2D eigenvalue weighted by Crippen LogP contribution is -2.17. The van der Waals surface area contributed by atoms with Gasteiger partial charge in [0, 0.05) is 0 Å². The van der Waals surface area contributed by atoms with Gasteiger partial charge in [-0.3, -0.25) is 0 Å². The molecule has 1 aromatic carbocycles. The summed E-state index contributed by atoms with van der Waals surface area (Å²) >= 11 is 0. The molecular formula is C16H23N. The zero-order chi connectivity index (χ0) is 13.4. The summed E-state index contributed by atoms with van der Waals surface area (Å²) in [6, 6.07) is 4.31. The lowest BCUT2D eigenvalue weighted by Gasteiger charge is -2.28. The summed E-state index contributed by atoms with van der Waals surface area (Å²) in [6.45, 7) is 22.6. The van der Waals surface area contributed by atoms with E-state index in [-0.39, 0.29) is 10.8 Å². The minimum Gasteiger partial charge on any atom is -0.238 e. The molecule has 17 heavy (non-hydrogen) atoms. The topological polar surface area (TPSA) is 4.36 Å². The average molecular weight is 229 g/mol. The molecule has 0 saturated heterocycles. The fourth-order valence-electron chi connectivity index (χ4n) is 2.04. The molecule has 0 aromatic heterocycles. The van der Waals surface area contributed by atoms with Gasteiger partial charge in [0.05, 0.1) is 6.57 Å². The van der Waals surface area contributed by atoms with E-state index < -0.39 is 0 Å².